The Labute approximate surface area is 129 Å². The van der Waals surface area contributed by atoms with Gasteiger partial charge in [-0.25, -0.2) is 4.79 Å². The summed E-state index contributed by atoms with van der Waals surface area (Å²) in [5, 5.41) is 3.88. The molecule has 116 valence electrons. The molecule has 0 saturated carbocycles. The Morgan fingerprint density at radius 3 is 2.59 bits per heavy atom. The number of amides is 3. The van der Waals surface area contributed by atoms with E-state index < -0.39 is 0 Å². The Bertz CT molecular complexity index is 686. The lowest BCUT2D eigenvalue weighted by Crippen LogP contribution is -2.53. The van der Waals surface area contributed by atoms with Gasteiger partial charge in [-0.15, -0.1) is 0 Å². The summed E-state index contributed by atoms with van der Waals surface area (Å²) in [6.45, 7) is 4.80. The second kappa shape index (κ2) is 6.09. The number of urea groups is 1. The largest absolute Gasteiger partial charge is 0.361 e. The highest BCUT2D eigenvalue weighted by Gasteiger charge is 2.24. The number of aromatic nitrogens is 1. The minimum absolute atomic E-state index is 0.0204. The second-order valence-electron chi connectivity index (χ2n) is 5.39. The molecule has 0 aliphatic carbocycles. The molecule has 0 bridgehead atoms. The molecule has 6 nitrogen and oxygen atoms in total. The molecule has 2 heterocycles. The molecule has 1 aromatic heterocycles. The number of nitrogens with zero attached hydrogens (tertiary/aromatic N) is 2. The standard InChI is InChI=1S/C16H20N4O2/c1-2-17-16(22)20-9-7-19(8-10-20)15(21)13-4-3-12-5-6-18-14(12)11-13/h3-6,11,18H,2,7-10H2,1H3,(H,17,22). The molecule has 2 aromatic rings. The van der Waals surface area contributed by atoms with Crippen molar-refractivity contribution in [2.24, 2.45) is 0 Å². The second-order valence-corrected chi connectivity index (χ2v) is 5.39. The zero-order valence-electron chi connectivity index (χ0n) is 12.6. The number of carbonyl (C=O) groups is 2. The van der Waals surface area contributed by atoms with Crippen LogP contribution >= 0.6 is 0 Å². The summed E-state index contributed by atoms with van der Waals surface area (Å²) in [6.07, 6.45) is 1.87. The summed E-state index contributed by atoms with van der Waals surface area (Å²) in [7, 11) is 0. The molecule has 1 aliphatic rings. The van der Waals surface area contributed by atoms with Gasteiger partial charge in [-0.2, -0.15) is 0 Å². The van der Waals surface area contributed by atoms with Crippen molar-refractivity contribution in [3.63, 3.8) is 0 Å². The molecule has 6 heteroatoms. The summed E-state index contributed by atoms with van der Waals surface area (Å²) >= 11 is 0. The lowest BCUT2D eigenvalue weighted by molar-refractivity contribution is 0.0665. The van der Waals surface area contributed by atoms with E-state index in [0.717, 1.165) is 10.9 Å². The molecule has 3 rings (SSSR count). The summed E-state index contributed by atoms with van der Waals surface area (Å²) in [4.78, 5) is 31.0. The predicted octanol–water partition coefficient (Wildman–Crippen LogP) is 1.66. The molecule has 1 saturated heterocycles. The third-order valence-electron chi connectivity index (χ3n) is 3.98. The van der Waals surface area contributed by atoms with E-state index in [1.807, 2.05) is 37.4 Å². The van der Waals surface area contributed by atoms with Crippen molar-refractivity contribution in [2.45, 2.75) is 6.92 Å². The zero-order chi connectivity index (χ0) is 15.5. The molecule has 0 unspecified atom stereocenters. The summed E-state index contributed by atoms with van der Waals surface area (Å²) in [5.41, 5.74) is 1.65. The third kappa shape index (κ3) is 2.77. The maximum atomic E-state index is 12.6. The maximum Gasteiger partial charge on any atom is 0.317 e. The van der Waals surface area contributed by atoms with Gasteiger partial charge in [0.05, 0.1) is 0 Å². The average Bonchev–Trinajstić information content (AvgIpc) is 3.02. The quantitative estimate of drug-likeness (QED) is 0.885. The van der Waals surface area contributed by atoms with Crippen molar-refractivity contribution in [2.75, 3.05) is 32.7 Å². The number of rotatable bonds is 2. The number of fused-ring (bicyclic) bond motifs is 1. The number of aromatic amines is 1. The topological polar surface area (TPSA) is 68.4 Å². The predicted molar refractivity (Wildman–Crippen MR) is 84.8 cm³/mol. The normalized spacial score (nSPS) is 15.1. The molecule has 22 heavy (non-hydrogen) atoms. The van der Waals surface area contributed by atoms with Gasteiger partial charge >= 0.3 is 6.03 Å². The first kappa shape index (κ1) is 14.4. The van der Waals surface area contributed by atoms with Crippen LogP contribution in [0.25, 0.3) is 10.9 Å². The van der Waals surface area contributed by atoms with Crippen molar-refractivity contribution in [3.05, 3.63) is 36.0 Å². The molecule has 1 aliphatic heterocycles. The minimum Gasteiger partial charge on any atom is -0.361 e. The fourth-order valence-corrected chi connectivity index (χ4v) is 2.74. The molecule has 1 fully saturated rings. The Hall–Kier alpha value is -2.50. The number of piperazine rings is 1. The first-order valence-corrected chi connectivity index (χ1v) is 7.58. The monoisotopic (exact) mass is 300 g/mol. The van der Waals surface area contributed by atoms with E-state index in [9.17, 15) is 9.59 Å². The smallest absolute Gasteiger partial charge is 0.317 e. The Morgan fingerprint density at radius 1 is 1.14 bits per heavy atom. The first-order valence-electron chi connectivity index (χ1n) is 7.58. The fourth-order valence-electron chi connectivity index (χ4n) is 2.74. The highest BCUT2D eigenvalue weighted by Crippen LogP contribution is 2.16. The number of hydrogen-bond acceptors (Lipinski definition) is 2. The van der Waals surface area contributed by atoms with Crippen LogP contribution in [0, 0.1) is 0 Å². The van der Waals surface area contributed by atoms with Gasteiger partial charge in [-0.05, 0) is 30.5 Å². The van der Waals surface area contributed by atoms with Crippen LogP contribution in [0.4, 0.5) is 4.79 Å². The fraction of sp³-hybridized carbons (Fsp3) is 0.375. The van der Waals surface area contributed by atoms with Crippen molar-refractivity contribution in [3.8, 4) is 0 Å². The van der Waals surface area contributed by atoms with Crippen molar-refractivity contribution in [1.82, 2.24) is 20.1 Å². The van der Waals surface area contributed by atoms with Gasteiger partial charge in [-0.1, -0.05) is 6.07 Å². The SMILES string of the molecule is CCNC(=O)N1CCN(C(=O)c2ccc3cc[nH]c3c2)CC1. The van der Waals surface area contributed by atoms with Crippen LogP contribution in [0.2, 0.25) is 0 Å². The van der Waals surface area contributed by atoms with Crippen LogP contribution < -0.4 is 5.32 Å². The van der Waals surface area contributed by atoms with E-state index in [-0.39, 0.29) is 11.9 Å². The lowest BCUT2D eigenvalue weighted by atomic mass is 10.1. The van der Waals surface area contributed by atoms with Crippen LogP contribution in [-0.4, -0.2) is 59.4 Å². The average molecular weight is 300 g/mol. The zero-order valence-corrected chi connectivity index (χ0v) is 12.6. The van der Waals surface area contributed by atoms with E-state index in [4.69, 9.17) is 0 Å². The van der Waals surface area contributed by atoms with E-state index in [2.05, 4.69) is 10.3 Å². The molecule has 3 amide bonds. The molecular weight excluding hydrogens is 280 g/mol. The van der Waals surface area contributed by atoms with Gasteiger partial charge in [0.2, 0.25) is 0 Å². The van der Waals surface area contributed by atoms with Crippen molar-refractivity contribution >= 4 is 22.8 Å². The van der Waals surface area contributed by atoms with E-state index in [0.29, 0.717) is 38.3 Å². The Balaban J connectivity index is 1.65. The van der Waals surface area contributed by atoms with Crippen LogP contribution in [0.5, 0.6) is 0 Å². The summed E-state index contributed by atoms with van der Waals surface area (Å²) < 4.78 is 0. The van der Waals surface area contributed by atoms with E-state index in [1.54, 1.807) is 9.80 Å². The van der Waals surface area contributed by atoms with Gasteiger partial charge in [0.15, 0.2) is 0 Å². The highest BCUT2D eigenvalue weighted by molar-refractivity contribution is 5.98. The molecular formula is C16H20N4O2. The minimum atomic E-state index is -0.0533. The highest BCUT2D eigenvalue weighted by atomic mass is 16.2. The molecule has 1 aromatic carbocycles. The van der Waals surface area contributed by atoms with Gasteiger partial charge in [0, 0.05) is 50.0 Å². The van der Waals surface area contributed by atoms with Crippen molar-refractivity contribution in [1.29, 1.82) is 0 Å². The third-order valence-corrected chi connectivity index (χ3v) is 3.98. The van der Waals surface area contributed by atoms with Gasteiger partial charge in [0.1, 0.15) is 0 Å². The molecule has 0 atom stereocenters. The molecule has 0 radical (unpaired) electrons. The van der Waals surface area contributed by atoms with Crippen LogP contribution in [-0.2, 0) is 0 Å². The lowest BCUT2D eigenvalue weighted by Gasteiger charge is -2.34. The van der Waals surface area contributed by atoms with Crippen LogP contribution in [0.3, 0.4) is 0 Å². The maximum absolute atomic E-state index is 12.6. The number of carbonyl (C=O) groups excluding carboxylic acids is 2. The van der Waals surface area contributed by atoms with Crippen LogP contribution in [0.15, 0.2) is 30.5 Å². The Morgan fingerprint density at radius 2 is 1.86 bits per heavy atom. The first-order chi connectivity index (χ1) is 10.7. The summed E-state index contributed by atoms with van der Waals surface area (Å²) in [6, 6.07) is 7.61. The molecule has 2 N–H and O–H groups in total. The van der Waals surface area contributed by atoms with Gasteiger partial charge < -0.3 is 20.1 Å². The van der Waals surface area contributed by atoms with Crippen LogP contribution in [0.1, 0.15) is 17.3 Å². The van der Waals surface area contributed by atoms with E-state index >= 15 is 0 Å². The summed E-state index contributed by atoms with van der Waals surface area (Å²) in [5.74, 6) is 0.0204. The molecule has 0 spiro atoms. The van der Waals surface area contributed by atoms with Gasteiger partial charge in [0.25, 0.3) is 5.91 Å². The number of hydrogen-bond donors (Lipinski definition) is 2. The van der Waals surface area contributed by atoms with Gasteiger partial charge in [-0.3, -0.25) is 4.79 Å². The number of H-pyrrole nitrogens is 1. The Kier molecular flexibility index (Phi) is 4.00. The van der Waals surface area contributed by atoms with Crippen molar-refractivity contribution < 1.29 is 9.59 Å². The number of benzene rings is 1. The van der Waals surface area contributed by atoms with E-state index in [1.165, 1.54) is 0 Å². The number of nitrogens with one attached hydrogen (secondary N) is 2.